The topological polar surface area (TPSA) is 40.9 Å². The van der Waals surface area contributed by atoms with Gasteiger partial charge in [0, 0.05) is 16.8 Å². The van der Waals surface area contributed by atoms with Gasteiger partial charge in [-0.15, -0.1) is 0 Å². The molecule has 0 bridgehead atoms. The van der Waals surface area contributed by atoms with E-state index in [1.165, 1.54) is 0 Å². The van der Waals surface area contributed by atoms with Gasteiger partial charge in [0.2, 0.25) is 0 Å². The fourth-order valence-electron chi connectivity index (χ4n) is 1.52. The Morgan fingerprint density at radius 1 is 1.54 bits per heavy atom. The van der Waals surface area contributed by atoms with Crippen molar-refractivity contribution < 1.29 is 4.79 Å². The molecule has 1 aromatic rings. The monoisotopic (exact) mass is 235 g/mol. The molecule has 64 valence electrons. The van der Waals surface area contributed by atoms with E-state index in [0.717, 1.165) is 5.56 Å². The van der Waals surface area contributed by atoms with Crippen LogP contribution < -0.4 is 0 Å². The summed E-state index contributed by atoms with van der Waals surface area (Å²) in [5.41, 5.74) is 2.25. The Morgan fingerprint density at radius 2 is 2.31 bits per heavy atom. The first kappa shape index (κ1) is 8.46. The van der Waals surface area contributed by atoms with Crippen LogP contribution in [0.3, 0.4) is 0 Å². The fourth-order valence-corrected chi connectivity index (χ4v) is 2.22. The van der Waals surface area contributed by atoms with Crippen LogP contribution in [0.1, 0.15) is 32.7 Å². The predicted octanol–water partition coefficient (Wildman–Crippen LogP) is 2.58. The number of carbonyl (C=O) groups excluding carboxylic acids is 1. The number of ketones is 1. The Hall–Kier alpha value is -1.14. The highest BCUT2D eigenvalue weighted by atomic mass is 79.9. The minimum Gasteiger partial charge on any atom is -0.294 e. The second kappa shape index (κ2) is 2.97. The van der Waals surface area contributed by atoms with Crippen LogP contribution in [-0.2, 0) is 0 Å². The lowest BCUT2D eigenvalue weighted by atomic mass is 10.1. The molecular weight excluding hydrogens is 230 g/mol. The zero-order valence-corrected chi connectivity index (χ0v) is 8.34. The molecule has 1 unspecified atom stereocenters. The Balaban J connectivity index is 2.60. The SMILES string of the molecule is N#Cc1ccc2c(c1)C(=O)CC2Br. The largest absolute Gasteiger partial charge is 0.294 e. The number of hydrogen-bond donors (Lipinski definition) is 0. The van der Waals surface area contributed by atoms with Crippen molar-refractivity contribution in [1.82, 2.24) is 0 Å². The van der Waals surface area contributed by atoms with Gasteiger partial charge in [0.15, 0.2) is 5.78 Å². The number of carbonyl (C=O) groups is 1. The molecule has 1 atom stereocenters. The molecule has 0 N–H and O–H groups in total. The van der Waals surface area contributed by atoms with Crippen molar-refractivity contribution >= 4 is 21.7 Å². The van der Waals surface area contributed by atoms with Gasteiger partial charge in [-0.2, -0.15) is 5.26 Å². The molecule has 0 aromatic heterocycles. The number of hydrogen-bond acceptors (Lipinski definition) is 2. The first-order valence-corrected chi connectivity index (χ1v) is 4.85. The zero-order valence-electron chi connectivity index (χ0n) is 6.75. The Bertz CT molecular complexity index is 419. The van der Waals surface area contributed by atoms with Gasteiger partial charge >= 0.3 is 0 Å². The van der Waals surface area contributed by atoms with Crippen molar-refractivity contribution in [3.63, 3.8) is 0 Å². The Morgan fingerprint density at radius 3 is 3.00 bits per heavy atom. The number of halogens is 1. The molecule has 0 spiro atoms. The molecule has 3 heteroatoms. The van der Waals surface area contributed by atoms with Crippen LogP contribution in [0.15, 0.2) is 18.2 Å². The third-order valence-electron chi connectivity index (χ3n) is 2.18. The molecule has 1 aromatic carbocycles. The van der Waals surface area contributed by atoms with Crippen molar-refractivity contribution in [1.29, 1.82) is 5.26 Å². The summed E-state index contributed by atoms with van der Waals surface area (Å²) in [6.45, 7) is 0. The Labute approximate surface area is 84.3 Å². The van der Waals surface area contributed by atoms with E-state index >= 15 is 0 Å². The average molecular weight is 236 g/mol. The average Bonchev–Trinajstić information content (AvgIpc) is 2.42. The van der Waals surface area contributed by atoms with Gasteiger partial charge in [0.1, 0.15) is 0 Å². The van der Waals surface area contributed by atoms with Gasteiger partial charge < -0.3 is 0 Å². The smallest absolute Gasteiger partial charge is 0.164 e. The predicted molar refractivity (Wildman–Crippen MR) is 51.8 cm³/mol. The summed E-state index contributed by atoms with van der Waals surface area (Å²) in [6.07, 6.45) is 0.504. The third-order valence-corrected chi connectivity index (χ3v) is 3.00. The molecule has 0 fully saturated rings. The number of Topliss-reactive ketones (excluding diaryl/α,β-unsaturated/α-hetero) is 1. The lowest BCUT2D eigenvalue weighted by molar-refractivity contribution is 0.0994. The van der Waals surface area contributed by atoms with Gasteiger partial charge in [-0.25, -0.2) is 0 Å². The molecule has 0 amide bonds. The summed E-state index contributed by atoms with van der Waals surface area (Å²) >= 11 is 3.42. The van der Waals surface area contributed by atoms with Crippen LogP contribution in [0, 0.1) is 11.3 Å². The molecule has 0 aliphatic heterocycles. The standard InChI is InChI=1S/C10H6BrNO/c11-9-4-10(13)8-3-6(5-12)1-2-7(8)9/h1-3,9H,4H2. The number of alkyl halides is 1. The number of fused-ring (bicyclic) bond motifs is 1. The van der Waals surface area contributed by atoms with Crippen molar-refractivity contribution in [2.75, 3.05) is 0 Å². The Kier molecular flexibility index (Phi) is 1.93. The maximum Gasteiger partial charge on any atom is 0.164 e. The van der Waals surface area contributed by atoms with Crippen molar-refractivity contribution in [2.24, 2.45) is 0 Å². The highest BCUT2D eigenvalue weighted by molar-refractivity contribution is 9.09. The number of rotatable bonds is 0. The van der Waals surface area contributed by atoms with Crippen molar-refractivity contribution in [3.8, 4) is 6.07 Å². The van der Waals surface area contributed by atoms with Crippen molar-refractivity contribution in [2.45, 2.75) is 11.2 Å². The molecular formula is C10H6BrNO. The summed E-state index contributed by atoms with van der Waals surface area (Å²) < 4.78 is 0. The van der Waals surface area contributed by atoms with E-state index in [0.29, 0.717) is 17.5 Å². The second-order valence-electron chi connectivity index (χ2n) is 3.01. The fraction of sp³-hybridized carbons (Fsp3) is 0.200. The minimum atomic E-state index is 0.119. The molecule has 0 heterocycles. The molecule has 1 aliphatic carbocycles. The zero-order chi connectivity index (χ0) is 9.42. The normalized spacial score (nSPS) is 19.7. The van der Waals surface area contributed by atoms with Crippen LogP contribution in [0.4, 0.5) is 0 Å². The maximum atomic E-state index is 11.4. The van der Waals surface area contributed by atoms with Gasteiger partial charge in [0.05, 0.1) is 11.6 Å². The highest BCUT2D eigenvalue weighted by Gasteiger charge is 2.27. The summed E-state index contributed by atoms with van der Waals surface area (Å²) in [5, 5.41) is 8.65. The molecule has 0 saturated heterocycles. The van der Waals surface area contributed by atoms with Gasteiger partial charge in [-0.3, -0.25) is 4.79 Å². The van der Waals surface area contributed by atoms with Crippen LogP contribution in [0.2, 0.25) is 0 Å². The number of nitriles is 1. The molecule has 1 aliphatic rings. The molecule has 2 rings (SSSR count). The van der Waals surface area contributed by atoms with Gasteiger partial charge in [-0.1, -0.05) is 22.0 Å². The van der Waals surface area contributed by atoms with Gasteiger partial charge in [0.25, 0.3) is 0 Å². The van der Waals surface area contributed by atoms with E-state index < -0.39 is 0 Å². The molecule has 0 saturated carbocycles. The van der Waals surface area contributed by atoms with Crippen LogP contribution in [0.5, 0.6) is 0 Å². The number of benzene rings is 1. The van der Waals surface area contributed by atoms with E-state index in [9.17, 15) is 4.79 Å². The molecule has 13 heavy (non-hydrogen) atoms. The molecule has 2 nitrogen and oxygen atoms in total. The lowest BCUT2D eigenvalue weighted by Gasteiger charge is -2.00. The van der Waals surface area contributed by atoms with E-state index in [2.05, 4.69) is 15.9 Å². The van der Waals surface area contributed by atoms with Crippen LogP contribution in [0.25, 0.3) is 0 Å². The third kappa shape index (κ3) is 1.27. The first-order valence-electron chi connectivity index (χ1n) is 3.93. The first-order chi connectivity index (χ1) is 6.22. The van der Waals surface area contributed by atoms with Crippen LogP contribution in [-0.4, -0.2) is 5.78 Å². The van der Waals surface area contributed by atoms with E-state index in [4.69, 9.17) is 5.26 Å². The second-order valence-corrected chi connectivity index (χ2v) is 4.11. The lowest BCUT2D eigenvalue weighted by Crippen LogP contribution is -1.91. The highest BCUT2D eigenvalue weighted by Crippen LogP contribution is 2.37. The summed E-state index contributed by atoms with van der Waals surface area (Å²) in [6, 6.07) is 7.28. The maximum absolute atomic E-state index is 11.4. The summed E-state index contributed by atoms with van der Waals surface area (Å²) in [7, 11) is 0. The number of nitrogens with zero attached hydrogens (tertiary/aromatic N) is 1. The van der Waals surface area contributed by atoms with Crippen LogP contribution >= 0.6 is 15.9 Å². The van der Waals surface area contributed by atoms with E-state index in [1.807, 2.05) is 12.1 Å². The summed E-state index contributed by atoms with van der Waals surface area (Å²) in [4.78, 5) is 11.5. The molecule has 0 radical (unpaired) electrons. The van der Waals surface area contributed by atoms with Gasteiger partial charge in [-0.05, 0) is 17.7 Å². The van der Waals surface area contributed by atoms with E-state index in [-0.39, 0.29) is 10.6 Å². The van der Waals surface area contributed by atoms with E-state index in [1.54, 1.807) is 12.1 Å². The summed E-state index contributed by atoms with van der Waals surface area (Å²) in [5.74, 6) is 0.119. The quantitative estimate of drug-likeness (QED) is 0.649. The van der Waals surface area contributed by atoms with Crippen molar-refractivity contribution in [3.05, 3.63) is 34.9 Å². The minimum absolute atomic E-state index is 0.119.